The van der Waals surface area contributed by atoms with Gasteiger partial charge < -0.3 is 14.9 Å². The predicted octanol–water partition coefficient (Wildman–Crippen LogP) is 4.89. The lowest BCUT2D eigenvalue weighted by Crippen LogP contribution is -2.38. The van der Waals surface area contributed by atoms with Crippen molar-refractivity contribution in [2.24, 2.45) is 0 Å². The standard InChI is InChI=1S/C27H33FN2O3/c1-6-29(7-2)16-17-30-23(18-8-12-20(13-9-18)27(3,4)5)22(25(32)26(30)33)24(31)19-10-14-21(28)15-11-19/h8-15,23,31H,6-7,16-17H2,1-5H3/b24-22+/t23-/m0/s1. The fraction of sp³-hybridized carbons (Fsp3) is 0.407. The Labute approximate surface area is 195 Å². The van der Waals surface area contributed by atoms with Gasteiger partial charge in [-0.1, -0.05) is 58.9 Å². The van der Waals surface area contributed by atoms with E-state index in [0.717, 1.165) is 24.2 Å². The number of hydrogen-bond donors (Lipinski definition) is 1. The number of benzene rings is 2. The maximum atomic E-state index is 13.4. The molecule has 1 amide bonds. The molecule has 33 heavy (non-hydrogen) atoms. The van der Waals surface area contributed by atoms with Gasteiger partial charge in [0.15, 0.2) is 0 Å². The number of aliphatic hydroxyl groups is 1. The molecule has 0 spiro atoms. The van der Waals surface area contributed by atoms with E-state index in [1.807, 2.05) is 24.3 Å². The number of likely N-dealkylation sites (N-methyl/N-ethyl adjacent to an activating group) is 1. The molecule has 1 heterocycles. The minimum Gasteiger partial charge on any atom is -0.507 e. The van der Waals surface area contributed by atoms with Crippen LogP contribution < -0.4 is 0 Å². The second kappa shape index (κ2) is 9.87. The van der Waals surface area contributed by atoms with Crippen LogP contribution >= 0.6 is 0 Å². The summed E-state index contributed by atoms with van der Waals surface area (Å²) in [5.41, 5.74) is 2.18. The first-order valence-electron chi connectivity index (χ1n) is 11.5. The van der Waals surface area contributed by atoms with Crippen molar-refractivity contribution in [1.29, 1.82) is 0 Å². The van der Waals surface area contributed by atoms with Gasteiger partial charge >= 0.3 is 0 Å². The van der Waals surface area contributed by atoms with E-state index in [1.54, 1.807) is 4.90 Å². The quantitative estimate of drug-likeness (QED) is 0.369. The summed E-state index contributed by atoms with van der Waals surface area (Å²) in [6.07, 6.45) is 0. The molecule has 1 atom stereocenters. The third kappa shape index (κ3) is 5.17. The van der Waals surface area contributed by atoms with Crippen molar-refractivity contribution in [3.05, 3.63) is 76.6 Å². The third-order valence-corrected chi connectivity index (χ3v) is 6.30. The summed E-state index contributed by atoms with van der Waals surface area (Å²) in [5, 5.41) is 11.0. The average Bonchev–Trinajstić information content (AvgIpc) is 3.04. The summed E-state index contributed by atoms with van der Waals surface area (Å²) in [4.78, 5) is 29.9. The van der Waals surface area contributed by atoms with Gasteiger partial charge in [-0.3, -0.25) is 9.59 Å². The van der Waals surface area contributed by atoms with Crippen molar-refractivity contribution >= 4 is 17.4 Å². The molecule has 176 valence electrons. The molecule has 3 rings (SSSR count). The number of nitrogens with zero attached hydrogens (tertiary/aromatic N) is 2. The van der Waals surface area contributed by atoms with Crippen LogP contribution in [0.1, 0.15) is 57.4 Å². The zero-order chi connectivity index (χ0) is 24.3. The Hall–Kier alpha value is -2.99. The van der Waals surface area contributed by atoms with E-state index in [-0.39, 0.29) is 16.7 Å². The van der Waals surface area contributed by atoms with Crippen molar-refractivity contribution in [2.75, 3.05) is 26.2 Å². The molecule has 1 fully saturated rings. The first kappa shape index (κ1) is 24.6. The smallest absolute Gasteiger partial charge is 0.295 e. The predicted molar refractivity (Wildman–Crippen MR) is 128 cm³/mol. The SMILES string of the molecule is CCN(CC)CCN1C(=O)C(=O)/C(=C(/O)c2ccc(F)cc2)[C@@H]1c1ccc(C(C)(C)C)cc1. The fourth-order valence-electron chi connectivity index (χ4n) is 4.17. The lowest BCUT2D eigenvalue weighted by Gasteiger charge is -2.28. The number of hydrogen-bond acceptors (Lipinski definition) is 4. The molecule has 0 bridgehead atoms. The van der Waals surface area contributed by atoms with E-state index in [2.05, 4.69) is 39.5 Å². The molecule has 0 aromatic heterocycles. The van der Waals surface area contributed by atoms with Gasteiger partial charge in [0.25, 0.3) is 11.7 Å². The highest BCUT2D eigenvalue weighted by Gasteiger charge is 2.46. The first-order valence-corrected chi connectivity index (χ1v) is 11.5. The van der Waals surface area contributed by atoms with E-state index in [1.165, 1.54) is 24.3 Å². The largest absolute Gasteiger partial charge is 0.507 e. The lowest BCUT2D eigenvalue weighted by atomic mass is 9.85. The summed E-state index contributed by atoms with van der Waals surface area (Å²) < 4.78 is 13.4. The third-order valence-electron chi connectivity index (χ3n) is 6.30. The number of Topliss-reactive ketones (excluding diaryl/α,β-unsaturated/α-hetero) is 1. The van der Waals surface area contributed by atoms with Gasteiger partial charge in [0, 0.05) is 18.7 Å². The Bertz CT molecular complexity index is 1030. The Balaban J connectivity index is 2.10. The highest BCUT2D eigenvalue weighted by Crippen LogP contribution is 2.39. The van der Waals surface area contributed by atoms with E-state index in [9.17, 15) is 19.1 Å². The molecule has 6 heteroatoms. The van der Waals surface area contributed by atoms with Crippen LogP contribution in [-0.2, 0) is 15.0 Å². The molecule has 0 radical (unpaired) electrons. The fourth-order valence-corrected chi connectivity index (χ4v) is 4.17. The molecule has 0 unspecified atom stereocenters. The van der Waals surface area contributed by atoms with Crippen LogP contribution in [0.15, 0.2) is 54.1 Å². The molecule has 1 aliphatic rings. The highest BCUT2D eigenvalue weighted by molar-refractivity contribution is 6.46. The van der Waals surface area contributed by atoms with E-state index < -0.39 is 23.5 Å². The van der Waals surface area contributed by atoms with Gasteiger partial charge in [-0.25, -0.2) is 4.39 Å². The molecular weight excluding hydrogens is 419 g/mol. The van der Waals surface area contributed by atoms with Crippen molar-refractivity contribution in [1.82, 2.24) is 9.80 Å². The summed E-state index contributed by atoms with van der Waals surface area (Å²) >= 11 is 0. The van der Waals surface area contributed by atoms with Crippen molar-refractivity contribution < 1.29 is 19.1 Å². The molecule has 5 nitrogen and oxygen atoms in total. The van der Waals surface area contributed by atoms with E-state index in [4.69, 9.17) is 0 Å². The Kier molecular flexibility index (Phi) is 7.38. The normalized spacial score (nSPS) is 18.4. The van der Waals surface area contributed by atoms with Gasteiger partial charge in [-0.15, -0.1) is 0 Å². The van der Waals surface area contributed by atoms with E-state index in [0.29, 0.717) is 18.7 Å². The monoisotopic (exact) mass is 452 g/mol. The topological polar surface area (TPSA) is 60.9 Å². The number of carbonyl (C=O) groups excluding carboxylic acids is 2. The zero-order valence-electron chi connectivity index (χ0n) is 20.1. The van der Waals surface area contributed by atoms with Crippen LogP contribution in [0.3, 0.4) is 0 Å². The number of rotatable bonds is 7. The van der Waals surface area contributed by atoms with E-state index >= 15 is 0 Å². The van der Waals surface area contributed by atoms with Crippen LogP contribution in [0.2, 0.25) is 0 Å². The number of amides is 1. The molecule has 0 saturated carbocycles. The van der Waals surface area contributed by atoms with Crippen LogP contribution in [0.5, 0.6) is 0 Å². The maximum Gasteiger partial charge on any atom is 0.295 e. The van der Waals surface area contributed by atoms with Gasteiger partial charge in [-0.2, -0.15) is 0 Å². The van der Waals surface area contributed by atoms with Crippen molar-refractivity contribution in [3.8, 4) is 0 Å². The summed E-state index contributed by atoms with van der Waals surface area (Å²) in [6, 6.07) is 12.4. The first-order chi connectivity index (χ1) is 15.6. The number of carbonyl (C=O) groups is 2. The number of halogens is 1. The molecule has 1 aliphatic heterocycles. The highest BCUT2D eigenvalue weighted by atomic mass is 19.1. The van der Waals surface area contributed by atoms with Crippen LogP contribution in [0.25, 0.3) is 5.76 Å². The molecule has 1 N–H and O–H groups in total. The van der Waals surface area contributed by atoms with Gasteiger partial charge in [0.05, 0.1) is 11.6 Å². The minimum absolute atomic E-state index is 0.0367. The Morgan fingerprint density at radius 3 is 2.09 bits per heavy atom. The zero-order valence-corrected chi connectivity index (χ0v) is 20.1. The van der Waals surface area contributed by atoms with Crippen LogP contribution in [0.4, 0.5) is 4.39 Å². The summed E-state index contributed by atoms with van der Waals surface area (Å²) in [6.45, 7) is 13.1. The summed E-state index contributed by atoms with van der Waals surface area (Å²) in [5.74, 6) is -2.08. The molecule has 2 aromatic rings. The second-order valence-electron chi connectivity index (χ2n) is 9.40. The number of aliphatic hydroxyl groups excluding tert-OH is 1. The molecular formula is C27H33FN2O3. The van der Waals surface area contributed by atoms with Gasteiger partial charge in [0.2, 0.25) is 0 Å². The van der Waals surface area contributed by atoms with Crippen LogP contribution in [-0.4, -0.2) is 52.8 Å². The van der Waals surface area contributed by atoms with Crippen molar-refractivity contribution in [2.45, 2.75) is 46.1 Å². The maximum absolute atomic E-state index is 13.4. The molecule has 0 aliphatic carbocycles. The van der Waals surface area contributed by atoms with Gasteiger partial charge in [-0.05, 0) is 53.9 Å². The van der Waals surface area contributed by atoms with Gasteiger partial charge in [0.1, 0.15) is 11.6 Å². The average molecular weight is 453 g/mol. The Morgan fingerprint density at radius 2 is 1.58 bits per heavy atom. The van der Waals surface area contributed by atoms with Crippen molar-refractivity contribution in [3.63, 3.8) is 0 Å². The second-order valence-corrected chi connectivity index (χ2v) is 9.40. The van der Waals surface area contributed by atoms with Crippen LogP contribution in [0, 0.1) is 5.82 Å². The number of likely N-dealkylation sites (tertiary alicyclic amines) is 1. The molecule has 1 saturated heterocycles. The number of ketones is 1. The molecule has 2 aromatic carbocycles. The summed E-state index contributed by atoms with van der Waals surface area (Å²) in [7, 11) is 0. The minimum atomic E-state index is -0.721. The Morgan fingerprint density at radius 1 is 1.00 bits per heavy atom. The lowest BCUT2D eigenvalue weighted by molar-refractivity contribution is -0.140.